The zero-order chi connectivity index (χ0) is 13.5. The molecule has 1 atom stereocenters. The molecule has 2 rings (SSSR count). The van der Waals surface area contributed by atoms with Gasteiger partial charge in [-0.2, -0.15) is 0 Å². The Balaban J connectivity index is 1.74. The van der Waals surface area contributed by atoms with Gasteiger partial charge >= 0.3 is 0 Å². The van der Waals surface area contributed by atoms with Crippen LogP contribution < -0.4 is 10.1 Å². The van der Waals surface area contributed by atoms with Crippen LogP contribution in [-0.2, 0) is 6.54 Å². The molecule has 0 spiro atoms. The molecule has 1 aliphatic rings. The molecule has 106 valence electrons. The third kappa shape index (κ3) is 4.80. The Morgan fingerprint density at radius 3 is 2.84 bits per heavy atom. The quantitative estimate of drug-likeness (QED) is 0.852. The minimum atomic E-state index is 0.492. The first-order valence-corrected chi connectivity index (χ1v) is 7.23. The molecule has 1 aromatic rings. The van der Waals surface area contributed by atoms with Gasteiger partial charge in [-0.15, -0.1) is 0 Å². The van der Waals surface area contributed by atoms with Gasteiger partial charge in [-0.3, -0.25) is 0 Å². The van der Waals surface area contributed by atoms with Crippen molar-refractivity contribution in [2.45, 2.75) is 38.8 Å². The van der Waals surface area contributed by atoms with E-state index in [9.17, 15) is 0 Å². The molecule has 0 aliphatic carbocycles. The second-order valence-electron chi connectivity index (χ2n) is 5.31. The first-order chi connectivity index (χ1) is 9.28. The second-order valence-corrected chi connectivity index (χ2v) is 5.31. The molecule has 1 aliphatic heterocycles. The maximum atomic E-state index is 5.14. The Bertz CT molecular complexity index is 377. The number of piperidine rings is 1. The van der Waals surface area contributed by atoms with Crippen LogP contribution in [0.5, 0.6) is 5.88 Å². The van der Waals surface area contributed by atoms with Crippen LogP contribution in [0.4, 0.5) is 0 Å². The Hall–Kier alpha value is -1.13. The van der Waals surface area contributed by atoms with Crippen molar-refractivity contribution in [1.82, 2.24) is 15.2 Å². The zero-order valence-electron chi connectivity index (χ0n) is 12.1. The normalized spacial score (nSPS) is 18.2. The van der Waals surface area contributed by atoms with Crippen molar-refractivity contribution in [3.63, 3.8) is 0 Å². The molecule has 0 aromatic carbocycles. The van der Waals surface area contributed by atoms with E-state index < -0.39 is 0 Å². The lowest BCUT2D eigenvalue weighted by Crippen LogP contribution is -2.41. The van der Waals surface area contributed by atoms with Crippen LogP contribution in [0.15, 0.2) is 18.2 Å². The summed E-state index contributed by atoms with van der Waals surface area (Å²) in [6, 6.07) is 6.38. The van der Waals surface area contributed by atoms with E-state index in [0.717, 1.165) is 18.8 Å². The van der Waals surface area contributed by atoms with E-state index in [1.807, 2.05) is 18.2 Å². The van der Waals surface area contributed by atoms with Gasteiger partial charge in [0.1, 0.15) is 0 Å². The molecule has 1 N–H and O–H groups in total. The van der Waals surface area contributed by atoms with E-state index in [1.54, 1.807) is 7.11 Å². The number of rotatable bonds is 6. The Kier molecular flexibility index (Phi) is 5.61. The molecule has 0 bridgehead atoms. The molecule has 19 heavy (non-hydrogen) atoms. The summed E-state index contributed by atoms with van der Waals surface area (Å²) in [7, 11) is 1.65. The molecule has 4 heteroatoms. The lowest BCUT2D eigenvalue weighted by atomic mass is 10.1. The average molecular weight is 263 g/mol. The molecule has 2 heterocycles. The molecule has 1 aromatic heterocycles. The number of likely N-dealkylation sites (tertiary alicyclic amines) is 1. The SMILES string of the molecule is COc1cccc(CNC(C)CN2CCCCC2)n1. The highest BCUT2D eigenvalue weighted by molar-refractivity contribution is 5.15. The second kappa shape index (κ2) is 7.46. The first kappa shape index (κ1) is 14.3. The number of aromatic nitrogens is 1. The molecule has 0 amide bonds. The smallest absolute Gasteiger partial charge is 0.213 e. The number of nitrogens with zero attached hydrogens (tertiary/aromatic N) is 2. The van der Waals surface area contributed by atoms with Crippen LogP contribution in [0.2, 0.25) is 0 Å². The van der Waals surface area contributed by atoms with Crippen molar-refractivity contribution in [3.8, 4) is 5.88 Å². The summed E-state index contributed by atoms with van der Waals surface area (Å²) in [5, 5.41) is 3.54. The number of methoxy groups -OCH3 is 1. The minimum Gasteiger partial charge on any atom is -0.481 e. The lowest BCUT2D eigenvalue weighted by molar-refractivity contribution is 0.208. The van der Waals surface area contributed by atoms with Gasteiger partial charge in [-0.05, 0) is 38.9 Å². The third-order valence-corrected chi connectivity index (χ3v) is 3.60. The largest absolute Gasteiger partial charge is 0.481 e. The van der Waals surface area contributed by atoms with E-state index in [4.69, 9.17) is 4.74 Å². The number of pyridine rings is 1. The number of hydrogen-bond acceptors (Lipinski definition) is 4. The van der Waals surface area contributed by atoms with Crippen LogP contribution >= 0.6 is 0 Å². The van der Waals surface area contributed by atoms with Crippen LogP contribution in [0.25, 0.3) is 0 Å². The number of nitrogens with one attached hydrogen (secondary N) is 1. The maximum absolute atomic E-state index is 5.14. The molecular formula is C15H25N3O. The minimum absolute atomic E-state index is 0.492. The molecule has 0 radical (unpaired) electrons. The predicted octanol–water partition coefficient (Wildman–Crippen LogP) is 2.05. The summed E-state index contributed by atoms with van der Waals surface area (Å²) < 4.78 is 5.14. The summed E-state index contributed by atoms with van der Waals surface area (Å²) >= 11 is 0. The van der Waals surface area contributed by atoms with Crippen molar-refractivity contribution >= 4 is 0 Å². The fraction of sp³-hybridized carbons (Fsp3) is 0.667. The fourth-order valence-corrected chi connectivity index (χ4v) is 2.54. The number of ether oxygens (including phenoxy) is 1. The molecular weight excluding hydrogens is 238 g/mol. The van der Waals surface area contributed by atoms with Gasteiger partial charge in [-0.25, -0.2) is 4.98 Å². The van der Waals surface area contributed by atoms with Crippen LogP contribution in [0.3, 0.4) is 0 Å². The van der Waals surface area contributed by atoms with Gasteiger partial charge in [0.25, 0.3) is 0 Å². The van der Waals surface area contributed by atoms with Gasteiger partial charge < -0.3 is 15.0 Å². The summed E-state index contributed by atoms with van der Waals surface area (Å²) in [6.45, 7) is 6.68. The molecule has 0 saturated carbocycles. The molecule has 1 unspecified atom stereocenters. The van der Waals surface area contributed by atoms with Gasteiger partial charge in [0, 0.05) is 25.2 Å². The van der Waals surface area contributed by atoms with E-state index in [0.29, 0.717) is 11.9 Å². The highest BCUT2D eigenvalue weighted by Crippen LogP contribution is 2.09. The lowest BCUT2D eigenvalue weighted by Gasteiger charge is -2.29. The van der Waals surface area contributed by atoms with Gasteiger partial charge in [0.15, 0.2) is 0 Å². The maximum Gasteiger partial charge on any atom is 0.213 e. The van der Waals surface area contributed by atoms with Gasteiger partial charge in [0.2, 0.25) is 5.88 Å². The summed E-state index contributed by atoms with van der Waals surface area (Å²) in [4.78, 5) is 6.97. The predicted molar refractivity (Wildman–Crippen MR) is 77.4 cm³/mol. The summed E-state index contributed by atoms with van der Waals surface area (Å²) in [5.41, 5.74) is 1.03. The van der Waals surface area contributed by atoms with Crippen molar-refractivity contribution in [1.29, 1.82) is 0 Å². The summed E-state index contributed by atoms with van der Waals surface area (Å²) in [6.07, 6.45) is 4.10. The molecule has 1 fully saturated rings. The summed E-state index contributed by atoms with van der Waals surface area (Å²) in [5.74, 6) is 0.683. The third-order valence-electron chi connectivity index (χ3n) is 3.60. The van der Waals surface area contributed by atoms with Gasteiger partial charge in [-0.1, -0.05) is 12.5 Å². The van der Waals surface area contributed by atoms with Gasteiger partial charge in [0.05, 0.1) is 12.8 Å². The fourth-order valence-electron chi connectivity index (χ4n) is 2.54. The van der Waals surface area contributed by atoms with Crippen LogP contribution in [-0.4, -0.2) is 42.7 Å². The van der Waals surface area contributed by atoms with E-state index >= 15 is 0 Å². The highest BCUT2D eigenvalue weighted by atomic mass is 16.5. The Morgan fingerprint density at radius 1 is 1.32 bits per heavy atom. The van der Waals surface area contributed by atoms with E-state index in [1.165, 1.54) is 32.4 Å². The topological polar surface area (TPSA) is 37.4 Å². The average Bonchev–Trinajstić information content (AvgIpc) is 2.46. The molecule has 1 saturated heterocycles. The van der Waals surface area contributed by atoms with Crippen molar-refractivity contribution in [2.24, 2.45) is 0 Å². The van der Waals surface area contributed by atoms with Crippen molar-refractivity contribution in [3.05, 3.63) is 23.9 Å². The van der Waals surface area contributed by atoms with Crippen molar-refractivity contribution < 1.29 is 4.74 Å². The Labute approximate surface area is 116 Å². The number of hydrogen-bond donors (Lipinski definition) is 1. The highest BCUT2D eigenvalue weighted by Gasteiger charge is 2.13. The Morgan fingerprint density at radius 2 is 2.11 bits per heavy atom. The van der Waals surface area contributed by atoms with Crippen LogP contribution in [0.1, 0.15) is 31.9 Å². The molecule has 4 nitrogen and oxygen atoms in total. The zero-order valence-corrected chi connectivity index (χ0v) is 12.1. The van der Waals surface area contributed by atoms with E-state index in [-0.39, 0.29) is 0 Å². The van der Waals surface area contributed by atoms with Crippen molar-refractivity contribution in [2.75, 3.05) is 26.7 Å². The first-order valence-electron chi connectivity index (χ1n) is 7.23. The standard InChI is InChI=1S/C15H25N3O/c1-13(12-18-9-4-3-5-10-18)16-11-14-7-6-8-15(17-14)19-2/h6-8,13,16H,3-5,9-12H2,1-2H3. The monoisotopic (exact) mass is 263 g/mol. The van der Waals surface area contributed by atoms with Crippen LogP contribution in [0, 0.1) is 0 Å². The van der Waals surface area contributed by atoms with E-state index in [2.05, 4.69) is 22.1 Å².